The first-order chi connectivity index (χ1) is 14.0. The monoisotopic (exact) mass is 411 g/mol. The fourth-order valence-electron chi connectivity index (χ4n) is 3.68. The number of aromatic nitrogens is 4. The number of nitrogens with zero attached hydrogens (tertiary/aromatic N) is 4. The second-order valence-electron chi connectivity index (χ2n) is 7.47. The van der Waals surface area contributed by atoms with Gasteiger partial charge in [0.05, 0.1) is 28.7 Å². The maximum atomic E-state index is 13.1. The number of fused-ring (bicyclic) bond motifs is 1. The maximum Gasteiger partial charge on any atom is 0.290 e. The molecule has 0 aromatic carbocycles. The van der Waals surface area contributed by atoms with Gasteiger partial charge in [0.1, 0.15) is 5.69 Å². The molecule has 9 heteroatoms. The molecule has 2 aliphatic heterocycles. The summed E-state index contributed by atoms with van der Waals surface area (Å²) in [6.45, 7) is 3.22. The summed E-state index contributed by atoms with van der Waals surface area (Å²) in [6.07, 6.45) is 11.1. The van der Waals surface area contributed by atoms with Crippen LogP contribution < -0.4 is 15.8 Å². The molecule has 0 aliphatic carbocycles. The molecule has 4 rings (SSSR count). The second kappa shape index (κ2) is 8.28. The third kappa shape index (κ3) is 4.29. The van der Waals surface area contributed by atoms with Crippen LogP contribution in [0.15, 0.2) is 47.2 Å². The summed E-state index contributed by atoms with van der Waals surface area (Å²) in [4.78, 5) is 15.1. The molecule has 0 radical (unpaired) electrons. The number of nitrogens with one attached hydrogen (secondary N) is 3. The highest BCUT2D eigenvalue weighted by Gasteiger charge is 2.32. The second-order valence-corrected chi connectivity index (χ2v) is 8.76. The van der Waals surface area contributed by atoms with Gasteiger partial charge in [0.15, 0.2) is 0 Å². The number of aromatic amines is 1. The molecule has 0 amide bonds. The van der Waals surface area contributed by atoms with Crippen molar-refractivity contribution in [2.45, 2.75) is 37.6 Å². The number of hydrogen-bond donors (Lipinski definition) is 3. The van der Waals surface area contributed by atoms with E-state index >= 15 is 0 Å². The lowest BCUT2D eigenvalue weighted by Crippen LogP contribution is -2.33. The number of likely N-dealkylation sites (N-methyl/N-ethyl adjacent to an activating group) is 1. The van der Waals surface area contributed by atoms with E-state index in [-0.39, 0.29) is 10.8 Å². The zero-order valence-electron chi connectivity index (χ0n) is 16.6. The van der Waals surface area contributed by atoms with E-state index in [4.69, 9.17) is 5.41 Å². The van der Waals surface area contributed by atoms with Crippen molar-refractivity contribution in [3.05, 3.63) is 64.0 Å². The maximum absolute atomic E-state index is 13.1. The molecule has 8 nitrogen and oxygen atoms in total. The molecule has 2 aliphatic rings. The summed E-state index contributed by atoms with van der Waals surface area (Å²) in [6, 6.07) is 2.20. The molecule has 152 valence electrons. The Kier molecular flexibility index (Phi) is 5.57. The lowest BCUT2D eigenvalue weighted by Gasteiger charge is -2.17. The molecule has 0 saturated carbocycles. The first kappa shape index (κ1) is 19.5. The van der Waals surface area contributed by atoms with Crippen LogP contribution in [0.3, 0.4) is 0 Å². The van der Waals surface area contributed by atoms with Crippen LogP contribution >= 0.6 is 11.8 Å². The van der Waals surface area contributed by atoms with E-state index in [1.807, 2.05) is 30.2 Å². The van der Waals surface area contributed by atoms with Crippen LogP contribution in [0, 0.1) is 5.41 Å². The van der Waals surface area contributed by atoms with Gasteiger partial charge in [0, 0.05) is 43.5 Å². The molecule has 4 heterocycles. The number of rotatable bonds is 5. The highest BCUT2D eigenvalue weighted by Crippen LogP contribution is 2.40. The highest BCUT2D eigenvalue weighted by atomic mass is 32.2. The molecule has 2 unspecified atom stereocenters. The van der Waals surface area contributed by atoms with Gasteiger partial charge in [-0.2, -0.15) is 10.2 Å². The first-order valence-electron chi connectivity index (χ1n) is 9.67. The van der Waals surface area contributed by atoms with Gasteiger partial charge in [-0.15, -0.1) is 11.8 Å². The van der Waals surface area contributed by atoms with E-state index in [1.54, 1.807) is 12.4 Å². The van der Waals surface area contributed by atoms with Gasteiger partial charge in [0.2, 0.25) is 0 Å². The zero-order chi connectivity index (χ0) is 20.4. The Morgan fingerprint density at radius 3 is 3.10 bits per heavy atom. The number of allylic oxidation sites excluding steroid dienone is 3. The summed E-state index contributed by atoms with van der Waals surface area (Å²) < 4.78 is 1.52. The van der Waals surface area contributed by atoms with Gasteiger partial charge in [-0.3, -0.25) is 15.3 Å². The largest absolute Gasteiger partial charge is 0.384 e. The summed E-state index contributed by atoms with van der Waals surface area (Å²) in [5.74, 6) is 0. The third-order valence-corrected chi connectivity index (χ3v) is 6.19. The molecule has 0 saturated heterocycles. The van der Waals surface area contributed by atoms with E-state index in [1.165, 1.54) is 16.4 Å². The van der Waals surface area contributed by atoms with Crippen molar-refractivity contribution in [3.63, 3.8) is 0 Å². The highest BCUT2D eigenvalue weighted by molar-refractivity contribution is 8.14. The Morgan fingerprint density at radius 1 is 1.45 bits per heavy atom. The number of H-pyrrole nitrogens is 1. The third-order valence-electron chi connectivity index (χ3n) is 5.07. The van der Waals surface area contributed by atoms with Crippen LogP contribution in [-0.2, 0) is 13.0 Å². The van der Waals surface area contributed by atoms with Crippen LogP contribution in [0.2, 0.25) is 0 Å². The fraction of sp³-hybridized carbons (Fsp3) is 0.400. The van der Waals surface area contributed by atoms with E-state index in [0.717, 1.165) is 23.4 Å². The molecular weight excluding hydrogens is 386 g/mol. The van der Waals surface area contributed by atoms with Gasteiger partial charge >= 0.3 is 0 Å². The first-order valence-corrected chi connectivity index (χ1v) is 10.6. The molecule has 0 fully saturated rings. The van der Waals surface area contributed by atoms with Crippen molar-refractivity contribution in [1.29, 1.82) is 5.41 Å². The van der Waals surface area contributed by atoms with Crippen molar-refractivity contribution in [2.75, 3.05) is 18.5 Å². The van der Waals surface area contributed by atoms with E-state index in [9.17, 15) is 4.79 Å². The predicted molar refractivity (Wildman–Crippen MR) is 117 cm³/mol. The predicted octanol–water partition coefficient (Wildman–Crippen LogP) is 2.23. The minimum absolute atomic E-state index is 0.0227. The smallest absolute Gasteiger partial charge is 0.290 e. The van der Waals surface area contributed by atoms with Crippen molar-refractivity contribution in [3.8, 4) is 0 Å². The number of hydrogen-bond acceptors (Lipinski definition) is 7. The quantitative estimate of drug-likeness (QED) is 0.515. The summed E-state index contributed by atoms with van der Waals surface area (Å²) in [5.41, 5.74) is 3.32. The van der Waals surface area contributed by atoms with E-state index in [0.29, 0.717) is 36.3 Å². The molecule has 2 atom stereocenters. The average molecular weight is 412 g/mol. The topological polar surface area (TPSA) is 103 Å². The standard InChI is InChI=1S/C20H25N7OS/c1-13-5-3-4-6-15(24-13)11-27-20(28)19-16(10-23-27)17(12-26(19)2)29-18(21)9-14-7-8-22-25-14/h3-4,6-8,10,13,17,21,24H,5,9,11-12H2,1-2H3,(H,22,25). The van der Waals surface area contributed by atoms with Crippen LogP contribution in [-0.4, -0.2) is 44.7 Å². The van der Waals surface area contributed by atoms with Gasteiger partial charge < -0.3 is 10.2 Å². The molecule has 0 bridgehead atoms. The van der Waals surface area contributed by atoms with Crippen molar-refractivity contribution < 1.29 is 0 Å². The molecule has 3 N–H and O–H groups in total. The van der Waals surface area contributed by atoms with Crippen LogP contribution in [0.5, 0.6) is 0 Å². The summed E-state index contributed by atoms with van der Waals surface area (Å²) in [7, 11) is 1.93. The molecule has 29 heavy (non-hydrogen) atoms. The van der Waals surface area contributed by atoms with Gasteiger partial charge in [0.25, 0.3) is 5.56 Å². The summed E-state index contributed by atoms with van der Waals surface area (Å²) >= 11 is 1.47. The zero-order valence-corrected chi connectivity index (χ0v) is 17.4. The van der Waals surface area contributed by atoms with Crippen molar-refractivity contribution in [2.24, 2.45) is 0 Å². The van der Waals surface area contributed by atoms with Gasteiger partial charge in [-0.1, -0.05) is 12.2 Å². The Hall–Kier alpha value is -2.81. The number of thioether (sulfide) groups is 1. The van der Waals surface area contributed by atoms with Crippen molar-refractivity contribution in [1.82, 2.24) is 25.3 Å². The molecule has 0 spiro atoms. The summed E-state index contributed by atoms with van der Waals surface area (Å²) in [5, 5.41) is 23.6. The fourth-order valence-corrected chi connectivity index (χ4v) is 4.85. The Morgan fingerprint density at radius 2 is 2.31 bits per heavy atom. The van der Waals surface area contributed by atoms with E-state index < -0.39 is 0 Å². The van der Waals surface area contributed by atoms with Crippen LogP contribution in [0.1, 0.15) is 29.9 Å². The van der Waals surface area contributed by atoms with Gasteiger partial charge in [-0.05, 0) is 25.5 Å². The molecular formula is C20H25N7OS. The van der Waals surface area contributed by atoms with Gasteiger partial charge in [-0.25, -0.2) is 4.68 Å². The van der Waals surface area contributed by atoms with Crippen LogP contribution in [0.25, 0.3) is 0 Å². The molecule has 2 aromatic rings. The Labute approximate surface area is 173 Å². The lowest BCUT2D eigenvalue weighted by atomic mass is 10.2. The lowest BCUT2D eigenvalue weighted by molar-refractivity contribution is 0.550. The SMILES string of the molecule is CC1CC=CC=C(Cn2ncc3c(c2=O)N(C)CC3SC(=N)Cc2cc[nH]n2)N1. The minimum Gasteiger partial charge on any atom is -0.384 e. The Balaban J connectivity index is 1.52. The van der Waals surface area contributed by atoms with Crippen LogP contribution in [0.4, 0.5) is 5.69 Å². The van der Waals surface area contributed by atoms with E-state index in [2.05, 4.69) is 33.6 Å². The van der Waals surface area contributed by atoms with Crippen molar-refractivity contribution >= 4 is 22.5 Å². The number of anilines is 1. The average Bonchev–Trinajstić information content (AvgIpc) is 3.23. The minimum atomic E-state index is -0.0875. The molecule has 2 aromatic heterocycles. The Bertz CT molecular complexity index is 1010. The normalized spacial score (nSPS) is 20.8.